The van der Waals surface area contributed by atoms with E-state index in [1.807, 2.05) is 12.1 Å². The highest BCUT2D eigenvalue weighted by atomic mass is 16.6. The summed E-state index contributed by atoms with van der Waals surface area (Å²) in [5, 5.41) is 0. The number of benzene rings is 2. The van der Waals surface area contributed by atoms with E-state index in [0.717, 1.165) is 18.1 Å². The van der Waals surface area contributed by atoms with Gasteiger partial charge in [0.15, 0.2) is 11.5 Å². The Hall–Kier alpha value is -3.67. The van der Waals surface area contributed by atoms with Crippen LogP contribution in [0.15, 0.2) is 67.8 Å². The van der Waals surface area contributed by atoms with Crippen LogP contribution in [0.1, 0.15) is 67.3 Å². The summed E-state index contributed by atoms with van der Waals surface area (Å²) in [6.07, 6.45) is 9.42. The van der Waals surface area contributed by atoms with Crippen molar-refractivity contribution in [3.63, 3.8) is 0 Å². The summed E-state index contributed by atoms with van der Waals surface area (Å²) in [5.41, 5.74) is 1.39. The molecule has 1 fully saturated rings. The third-order valence-corrected chi connectivity index (χ3v) is 6.04. The lowest BCUT2D eigenvalue weighted by atomic mass is 9.77. The number of hydrogen-bond acceptors (Lipinski definition) is 6. The minimum absolute atomic E-state index is 0.0327. The fourth-order valence-corrected chi connectivity index (χ4v) is 4.27. The molecule has 0 aromatic heterocycles. The normalized spacial score (nSPS) is 17.3. The molecule has 0 heterocycles. The minimum atomic E-state index is -0.763. The van der Waals surface area contributed by atoms with E-state index in [0.29, 0.717) is 11.7 Å². The second kappa shape index (κ2) is 12.0. The second-order valence-corrected chi connectivity index (χ2v) is 8.38. The molecule has 2 aromatic rings. The quantitative estimate of drug-likeness (QED) is 0.252. The Balaban J connectivity index is 1.68. The third kappa shape index (κ3) is 6.67. The van der Waals surface area contributed by atoms with Crippen molar-refractivity contribution < 1.29 is 28.6 Å². The molecule has 178 valence electrons. The molecule has 6 nitrogen and oxygen atoms in total. The van der Waals surface area contributed by atoms with Crippen LogP contribution in [0.4, 0.5) is 0 Å². The summed E-state index contributed by atoms with van der Waals surface area (Å²) < 4.78 is 15.7. The van der Waals surface area contributed by atoms with Gasteiger partial charge in [0.2, 0.25) is 0 Å². The maximum absolute atomic E-state index is 12.7. The van der Waals surface area contributed by atoms with E-state index in [1.54, 1.807) is 12.1 Å². The second-order valence-electron chi connectivity index (χ2n) is 8.38. The van der Waals surface area contributed by atoms with Gasteiger partial charge in [0.05, 0.1) is 5.56 Å². The van der Waals surface area contributed by atoms with Crippen molar-refractivity contribution in [2.75, 3.05) is 0 Å². The lowest BCUT2D eigenvalue weighted by molar-refractivity contribution is -0.131. The number of rotatable bonds is 9. The van der Waals surface area contributed by atoms with Crippen LogP contribution in [0.2, 0.25) is 0 Å². The highest BCUT2D eigenvalue weighted by molar-refractivity contribution is 5.93. The van der Waals surface area contributed by atoms with Crippen LogP contribution in [-0.4, -0.2) is 17.9 Å². The molecule has 0 amide bonds. The first-order chi connectivity index (χ1) is 16.4. The van der Waals surface area contributed by atoms with Gasteiger partial charge in [-0.2, -0.15) is 0 Å². The Labute approximate surface area is 200 Å². The SMILES string of the molecule is C=CC(=O)Oc1ccc(C(=O)Oc2ccc(C3CCC(CCC)CC3)cc2)cc1OC(=O)C=C. The smallest absolute Gasteiger partial charge is 0.343 e. The van der Waals surface area contributed by atoms with E-state index in [1.165, 1.54) is 62.3 Å². The molecular formula is C28H30O6. The van der Waals surface area contributed by atoms with Crippen molar-refractivity contribution in [2.45, 2.75) is 51.4 Å². The van der Waals surface area contributed by atoms with Crippen molar-refractivity contribution in [3.05, 3.63) is 78.9 Å². The van der Waals surface area contributed by atoms with Crippen molar-refractivity contribution in [1.82, 2.24) is 0 Å². The van der Waals surface area contributed by atoms with E-state index in [4.69, 9.17) is 14.2 Å². The number of carbonyl (C=O) groups is 3. The highest BCUT2D eigenvalue weighted by Gasteiger charge is 2.22. The molecule has 0 saturated heterocycles. The molecule has 0 bridgehead atoms. The van der Waals surface area contributed by atoms with Crippen LogP contribution in [0.3, 0.4) is 0 Å². The first-order valence-electron chi connectivity index (χ1n) is 11.6. The van der Waals surface area contributed by atoms with E-state index in [-0.39, 0.29) is 17.1 Å². The summed E-state index contributed by atoms with van der Waals surface area (Å²) in [6, 6.07) is 11.7. The lowest BCUT2D eigenvalue weighted by Crippen LogP contribution is -2.13. The lowest BCUT2D eigenvalue weighted by Gasteiger charge is -2.28. The summed E-state index contributed by atoms with van der Waals surface area (Å²) in [7, 11) is 0. The maximum Gasteiger partial charge on any atom is 0.343 e. The predicted octanol–water partition coefficient (Wildman–Crippen LogP) is 6.16. The Morgan fingerprint density at radius 2 is 1.47 bits per heavy atom. The Bertz CT molecular complexity index is 1050. The number of carbonyl (C=O) groups excluding carboxylic acids is 3. The van der Waals surface area contributed by atoms with Crippen molar-refractivity contribution in [3.8, 4) is 17.2 Å². The van der Waals surface area contributed by atoms with Crippen molar-refractivity contribution in [2.24, 2.45) is 5.92 Å². The van der Waals surface area contributed by atoms with Crippen LogP contribution >= 0.6 is 0 Å². The molecule has 34 heavy (non-hydrogen) atoms. The first kappa shape index (κ1) is 25.0. The maximum atomic E-state index is 12.7. The van der Waals surface area contributed by atoms with Crippen LogP contribution in [0.25, 0.3) is 0 Å². The molecule has 1 saturated carbocycles. The fraction of sp³-hybridized carbons (Fsp3) is 0.321. The standard InChI is InChI=1S/C28H30O6/c1-4-7-19-8-10-20(11-9-19)21-12-15-23(16-13-21)32-28(31)22-14-17-24(33-26(29)5-2)25(18-22)34-27(30)6-3/h5-6,12-20H,2-4,7-11H2,1H3. The van der Waals surface area contributed by atoms with Crippen LogP contribution in [0, 0.1) is 5.92 Å². The Morgan fingerprint density at radius 1 is 0.853 bits per heavy atom. The summed E-state index contributed by atoms with van der Waals surface area (Å²) in [4.78, 5) is 35.9. The van der Waals surface area contributed by atoms with E-state index < -0.39 is 17.9 Å². The molecule has 0 spiro atoms. The summed E-state index contributed by atoms with van der Waals surface area (Å²) >= 11 is 0. The zero-order valence-corrected chi connectivity index (χ0v) is 19.5. The summed E-state index contributed by atoms with van der Waals surface area (Å²) in [6.45, 7) is 8.91. The predicted molar refractivity (Wildman–Crippen MR) is 129 cm³/mol. The van der Waals surface area contributed by atoms with Crippen LogP contribution in [0.5, 0.6) is 17.2 Å². The van der Waals surface area contributed by atoms with Gasteiger partial charge >= 0.3 is 17.9 Å². The van der Waals surface area contributed by atoms with Gasteiger partial charge in [0, 0.05) is 12.2 Å². The van der Waals surface area contributed by atoms with Crippen LogP contribution in [-0.2, 0) is 9.59 Å². The van der Waals surface area contributed by atoms with E-state index >= 15 is 0 Å². The summed E-state index contributed by atoms with van der Waals surface area (Å²) in [5.74, 6) is -0.454. The number of ether oxygens (including phenoxy) is 3. The van der Waals surface area contributed by atoms with Crippen LogP contribution < -0.4 is 14.2 Å². The molecule has 0 aliphatic heterocycles. The number of esters is 3. The molecule has 6 heteroatoms. The van der Waals surface area contributed by atoms with Gasteiger partial charge in [-0.05, 0) is 73.4 Å². The van der Waals surface area contributed by atoms with Gasteiger partial charge in [0.1, 0.15) is 5.75 Å². The van der Waals surface area contributed by atoms with E-state index in [9.17, 15) is 14.4 Å². The van der Waals surface area contributed by atoms with Gasteiger partial charge < -0.3 is 14.2 Å². The molecule has 0 atom stereocenters. The topological polar surface area (TPSA) is 78.9 Å². The molecule has 0 unspecified atom stereocenters. The highest BCUT2D eigenvalue weighted by Crippen LogP contribution is 2.38. The molecule has 1 aliphatic carbocycles. The van der Waals surface area contributed by atoms with Gasteiger partial charge in [-0.3, -0.25) is 0 Å². The zero-order chi connectivity index (χ0) is 24.5. The zero-order valence-electron chi connectivity index (χ0n) is 19.5. The Morgan fingerprint density at radius 3 is 2.06 bits per heavy atom. The third-order valence-electron chi connectivity index (χ3n) is 6.04. The first-order valence-corrected chi connectivity index (χ1v) is 11.6. The molecular weight excluding hydrogens is 432 g/mol. The number of hydrogen-bond donors (Lipinski definition) is 0. The molecule has 0 N–H and O–H groups in total. The van der Waals surface area contributed by atoms with Gasteiger partial charge in [-0.25, -0.2) is 14.4 Å². The molecule has 3 rings (SSSR count). The van der Waals surface area contributed by atoms with Gasteiger partial charge in [-0.15, -0.1) is 0 Å². The van der Waals surface area contributed by atoms with Crippen molar-refractivity contribution in [1.29, 1.82) is 0 Å². The van der Waals surface area contributed by atoms with Crippen molar-refractivity contribution >= 4 is 17.9 Å². The molecule has 2 aromatic carbocycles. The minimum Gasteiger partial charge on any atom is -0.423 e. The monoisotopic (exact) mass is 462 g/mol. The molecule has 0 radical (unpaired) electrons. The van der Waals surface area contributed by atoms with Gasteiger partial charge in [-0.1, -0.05) is 45.1 Å². The largest absolute Gasteiger partial charge is 0.423 e. The molecule has 1 aliphatic rings. The fourth-order valence-electron chi connectivity index (χ4n) is 4.27. The Kier molecular flexibility index (Phi) is 8.79. The average molecular weight is 463 g/mol. The van der Waals surface area contributed by atoms with Gasteiger partial charge in [0.25, 0.3) is 0 Å². The average Bonchev–Trinajstić information content (AvgIpc) is 2.86. The van der Waals surface area contributed by atoms with E-state index in [2.05, 4.69) is 20.1 Å².